The number of rotatable bonds is 0. The SMILES string of the molecule is CC1C=CC(C(C)(C)C)=CC1Cl. The summed E-state index contributed by atoms with van der Waals surface area (Å²) in [5, 5.41) is 0.171. The molecule has 0 spiro atoms. The van der Waals surface area contributed by atoms with Crippen molar-refractivity contribution in [1.82, 2.24) is 0 Å². The molecular weight excluding hydrogens is 168 g/mol. The Bertz CT molecular complexity index is 218. The third-order valence-electron chi connectivity index (χ3n) is 2.29. The van der Waals surface area contributed by atoms with Crippen molar-refractivity contribution >= 4 is 11.6 Å². The van der Waals surface area contributed by atoms with Crippen LogP contribution in [0.15, 0.2) is 23.8 Å². The molecule has 12 heavy (non-hydrogen) atoms. The van der Waals surface area contributed by atoms with Crippen LogP contribution in [0.25, 0.3) is 0 Å². The Morgan fingerprint density at radius 2 is 1.92 bits per heavy atom. The van der Waals surface area contributed by atoms with Gasteiger partial charge in [0.25, 0.3) is 0 Å². The topological polar surface area (TPSA) is 0 Å². The minimum Gasteiger partial charge on any atom is -0.118 e. The predicted octanol–water partition coefficient (Wildman–Crippen LogP) is 3.77. The molecule has 0 heterocycles. The Balaban J connectivity index is 2.84. The second-order valence-electron chi connectivity index (χ2n) is 4.53. The number of hydrogen-bond donors (Lipinski definition) is 0. The van der Waals surface area contributed by atoms with Gasteiger partial charge in [-0.1, -0.05) is 45.9 Å². The van der Waals surface area contributed by atoms with Crippen LogP contribution in [0.5, 0.6) is 0 Å². The average Bonchev–Trinajstić information content (AvgIpc) is 1.92. The lowest BCUT2D eigenvalue weighted by atomic mass is 9.82. The van der Waals surface area contributed by atoms with Gasteiger partial charge >= 0.3 is 0 Å². The van der Waals surface area contributed by atoms with Crippen LogP contribution in [0.3, 0.4) is 0 Å². The van der Waals surface area contributed by atoms with Gasteiger partial charge in [-0.05, 0) is 16.9 Å². The summed E-state index contributed by atoms with van der Waals surface area (Å²) in [4.78, 5) is 0. The van der Waals surface area contributed by atoms with E-state index in [0.717, 1.165) is 0 Å². The molecule has 2 atom stereocenters. The van der Waals surface area contributed by atoms with Gasteiger partial charge in [0.2, 0.25) is 0 Å². The van der Waals surface area contributed by atoms with Gasteiger partial charge < -0.3 is 0 Å². The van der Waals surface area contributed by atoms with E-state index in [9.17, 15) is 0 Å². The second kappa shape index (κ2) is 3.26. The monoisotopic (exact) mass is 184 g/mol. The van der Waals surface area contributed by atoms with Crippen LogP contribution < -0.4 is 0 Å². The third kappa shape index (κ3) is 2.13. The Kier molecular flexibility index (Phi) is 2.67. The van der Waals surface area contributed by atoms with E-state index in [1.165, 1.54) is 5.57 Å². The van der Waals surface area contributed by atoms with E-state index < -0.39 is 0 Å². The molecule has 0 saturated heterocycles. The largest absolute Gasteiger partial charge is 0.118 e. The van der Waals surface area contributed by atoms with Crippen LogP contribution in [0.2, 0.25) is 0 Å². The molecule has 2 unspecified atom stereocenters. The zero-order valence-corrected chi connectivity index (χ0v) is 9.02. The molecule has 0 nitrogen and oxygen atoms in total. The molecule has 0 fully saturated rings. The van der Waals surface area contributed by atoms with E-state index in [-0.39, 0.29) is 10.8 Å². The van der Waals surface area contributed by atoms with Crippen molar-refractivity contribution < 1.29 is 0 Å². The molecule has 1 rings (SSSR count). The lowest BCUT2D eigenvalue weighted by Gasteiger charge is -2.26. The van der Waals surface area contributed by atoms with Crippen LogP contribution >= 0.6 is 11.6 Å². The zero-order valence-electron chi connectivity index (χ0n) is 8.26. The summed E-state index contributed by atoms with van der Waals surface area (Å²) in [6, 6.07) is 0. The van der Waals surface area contributed by atoms with Gasteiger partial charge in [-0.2, -0.15) is 0 Å². The Labute approximate surface area is 80.3 Å². The first-order chi connectivity index (χ1) is 5.41. The van der Waals surface area contributed by atoms with Gasteiger partial charge in [0, 0.05) is 0 Å². The maximum Gasteiger partial charge on any atom is 0.0581 e. The molecule has 0 amide bonds. The molecule has 0 aromatic rings. The van der Waals surface area contributed by atoms with Crippen LogP contribution in [-0.2, 0) is 0 Å². The third-order valence-corrected chi connectivity index (χ3v) is 2.81. The van der Waals surface area contributed by atoms with Gasteiger partial charge in [0.05, 0.1) is 5.38 Å². The summed E-state index contributed by atoms with van der Waals surface area (Å²) < 4.78 is 0. The van der Waals surface area contributed by atoms with E-state index in [4.69, 9.17) is 11.6 Å². The zero-order chi connectivity index (χ0) is 9.35. The lowest BCUT2D eigenvalue weighted by Crippen LogP contribution is -2.16. The van der Waals surface area contributed by atoms with Crippen molar-refractivity contribution in [3.63, 3.8) is 0 Å². The highest BCUT2D eigenvalue weighted by Crippen LogP contribution is 2.32. The molecule has 0 N–H and O–H groups in total. The van der Waals surface area contributed by atoms with Crippen molar-refractivity contribution in [2.75, 3.05) is 0 Å². The summed E-state index contributed by atoms with van der Waals surface area (Å²) in [5.41, 5.74) is 1.57. The van der Waals surface area contributed by atoms with E-state index in [1.807, 2.05) is 0 Å². The standard InChI is InChI=1S/C11H17Cl/c1-8-5-6-9(7-10(8)12)11(2,3)4/h5-8,10H,1-4H3. The Morgan fingerprint density at radius 1 is 1.33 bits per heavy atom. The van der Waals surface area contributed by atoms with Crippen molar-refractivity contribution in [1.29, 1.82) is 0 Å². The van der Waals surface area contributed by atoms with E-state index >= 15 is 0 Å². The van der Waals surface area contributed by atoms with Gasteiger partial charge in [-0.15, -0.1) is 11.6 Å². The summed E-state index contributed by atoms with van der Waals surface area (Å²) >= 11 is 6.14. The van der Waals surface area contributed by atoms with Gasteiger partial charge in [0.1, 0.15) is 0 Å². The molecule has 1 aliphatic carbocycles. The van der Waals surface area contributed by atoms with Crippen molar-refractivity contribution in [2.24, 2.45) is 11.3 Å². The maximum atomic E-state index is 6.14. The fraction of sp³-hybridized carbons (Fsp3) is 0.636. The van der Waals surface area contributed by atoms with Crippen LogP contribution in [0.4, 0.5) is 0 Å². The van der Waals surface area contributed by atoms with Crippen molar-refractivity contribution in [3.05, 3.63) is 23.8 Å². The van der Waals surface area contributed by atoms with Gasteiger partial charge in [-0.3, -0.25) is 0 Å². The molecule has 0 aliphatic heterocycles. The summed E-state index contributed by atoms with van der Waals surface area (Å²) in [6.07, 6.45) is 6.56. The normalized spacial score (nSPS) is 30.2. The fourth-order valence-corrected chi connectivity index (χ4v) is 1.46. The molecule has 1 aliphatic rings. The minimum absolute atomic E-state index is 0.171. The summed E-state index contributed by atoms with van der Waals surface area (Å²) in [6.45, 7) is 8.78. The molecule has 0 bridgehead atoms. The Hall–Kier alpha value is -0.230. The highest BCUT2D eigenvalue weighted by Gasteiger charge is 2.21. The van der Waals surface area contributed by atoms with Crippen LogP contribution in [0, 0.1) is 11.3 Å². The number of hydrogen-bond acceptors (Lipinski definition) is 0. The predicted molar refractivity (Wildman–Crippen MR) is 55.5 cm³/mol. The first-order valence-corrected chi connectivity index (χ1v) is 4.89. The minimum atomic E-state index is 0.171. The van der Waals surface area contributed by atoms with Crippen molar-refractivity contribution in [3.8, 4) is 0 Å². The van der Waals surface area contributed by atoms with E-state index in [0.29, 0.717) is 5.92 Å². The fourth-order valence-electron chi connectivity index (χ4n) is 1.24. The summed E-state index contributed by atoms with van der Waals surface area (Å²) in [5.74, 6) is 0.470. The number of halogens is 1. The summed E-state index contributed by atoms with van der Waals surface area (Å²) in [7, 11) is 0. The van der Waals surface area contributed by atoms with Crippen molar-refractivity contribution in [2.45, 2.75) is 33.1 Å². The highest BCUT2D eigenvalue weighted by molar-refractivity contribution is 6.22. The van der Waals surface area contributed by atoms with Crippen LogP contribution in [0.1, 0.15) is 27.7 Å². The van der Waals surface area contributed by atoms with Gasteiger partial charge in [0.15, 0.2) is 0 Å². The molecule has 0 radical (unpaired) electrons. The Morgan fingerprint density at radius 3 is 2.33 bits per heavy atom. The first kappa shape index (κ1) is 9.85. The van der Waals surface area contributed by atoms with Crippen LogP contribution in [-0.4, -0.2) is 5.38 Å². The van der Waals surface area contributed by atoms with Gasteiger partial charge in [-0.25, -0.2) is 0 Å². The van der Waals surface area contributed by atoms with E-state index in [1.54, 1.807) is 0 Å². The molecular formula is C11H17Cl. The maximum absolute atomic E-state index is 6.14. The highest BCUT2D eigenvalue weighted by atomic mass is 35.5. The molecule has 0 saturated carbocycles. The second-order valence-corrected chi connectivity index (χ2v) is 5.04. The molecule has 0 aromatic carbocycles. The lowest BCUT2D eigenvalue weighted by molar-refractivity contribution is 0.508. The number of allylic oxidation sites excluding steroid dienone is 4. The smallest absolute Gasteiger partial charge is 0.0581 e. The average molecular weight is 185 g/mol. The quantitative estimate of drug-likeness (QED) is 0.503. The molecule has 68 valence electrons. The first-order valence-electron chi connectivity index (χ1n) is 4.46. The molecule has 0 aromatic heterocycles. The van der Waals surface area contributed by atoms with E-state index in [2.05, 4.69) is 45.9 Å². The molecule has 1 heteroatoms. The number of alkyl halides is 1.